The average Bonchev–Trinajstić information content (AvgIpc) is 3.65. The number of aromatic nitrogens is 2. The minimum atomic E-state index is -0.853. The van der Waals surface area contributed by atoms with Gasteiger partial charge in [0.05, 0.1) is 29.3 Å². The van der Waals surface area contributed by atoms with Gasteiger partial charge in [0.1, 0.15) is 5.69 Å². The Morgan fingerprint density at radius 1 is 1.02 bits per heavy atom. The quantitative estimate of drug-likeness (QED) is 0.390. The summed E-state index contributed by atoms with van der Waals surface area (Å²) in [5, 5.41) is 12.0. The Labute approximate surface area is 247 Å². The Morgan fingerprint density at radius 3 is 2.33 bits per heavy atom. The van der Waals surface area contributed by atoms with Crippen LogP contribution in [0.3, 0.4) is 0 Å². The number of pyridine rings is 1. The summed E-state index contributed by atoms with van der Waals surface area (Å²) in [6.07, 6.45) is 6.36. The lowest BCUT2D eigenvalue weighted by atomic mass is 9.76. The number of para-hydroxylation sites is 1. The van der Waals surface area contributed by atoms with Crippen LogP contribution in [-0.2, 0) is 10.4 Å². The van der Waals surface area contributed by atoms with Crippen LogP contribution < -0.4 is 0 Å². The topological polar surface area (TPSA) is 107 Å². The normalized spacial score (nSPS) is 24.3. The highest BCUT2D eigenvalue weighted by molar-refractivity contribution is 6.01. The van der Waals surface area contributed by atoms with Crippen LogP contribution in [0.5, 0.6) is 0 Å². The van der Waals surface area contributed by atoms with Crippen molar-refractivity contribution in [2.45, 2.75) is 83.9 Å². The smallest absolute Gasteiger partial charge is 0.272 e. The molecule has 2 aliphatic heterocycles. The van der Waals surface area contributed by atoms with Crippen LogP contribution in [0.15, 0.2) is 48.7 Å². The van der Waals surface area contributed by atoms with Gasteiger partial charge in [-0.05, 0) is 36.5 Å². The number of nitrogens with zero attached hydrogens (tertiary/aromatic N) is 3. The van der Waals surface area contributed by atoms with Crippen molar-refractivity contribution in [3.63, 3.8) is 0 Å². The molecule has 1 saturated carbocycles. The monoisotopic (exact) mass is 570 g/mol. The maximum atomic E-state index is 14.1. The number of Topliss-reactive ketones (excluding diaryl/α,β-unsaturated/α-hetero) is 1. The molecule has 2 bridgehead atoms. The fourth-order valence-electron chi connectivity index (χ4n) is 7.37. The summed E-state index contributed by atoms with van der Waals surface area (Å²) < 4.78 is 0. The molecule has 8 nitrogen and oxygen atoms in total. The van der Waals surface area contributed by atoms with E-state index < -0.39 is 16.9 Å². The lowest BCUT2D eigenvalue weighted by Gasteiger charge is -2.39. The second kappa shape index (κ2) is 10.6. The van der Waals surface area contributed by atoms with Crippen LogP contribution in [0.25, 0.3) is 10.9 Å². The fourth-order valence-corrected chi connectivity index (χ4v) is 7.37. The van der Waals surface area contributed by atoms with E-state index in [4.69, 9.17) is 0 Å². The Morgan fingerprint density at radius 2 is 1.71 bits per heavy atom. The molecule has 4 atom stereocenters. The Balaban J connectivity index is 1.14. The van der Waals surface area contributed by atoms with Crippen molar-refractivity contribution in [3.8, 4) is 0 Å². The van der Waals surface area contributed by atoms with Crippen LogP contribution in [0.2, 0.25) is 0 Å². The lowest BCUT2D eigenvalue weighted by molar-refractivity contribution is -0.141. The largest absolute Gasteiger partial charge is 0.385 e. The number of hydrogen-bond acceptors (Lipinski definition) is 5. The summed E-state index contributed by atoms with van der Waals surface area (Å²) >= 11 is 0. The standard InChI is InChI=1S/C34H42N4O4/c1-21-28-20-38(32(41)26-13-12-23(18-35-26)34(42)14-8-5-9-15-34)29(21)19-37(28)31(40)24(33(2,3)4)17-30(39)27-16-22-10-6-7-11-25(22)36-27/h6-7,10-13,16,18,21,24,28-29,36,42H,5,8-9,14-15,17,19-20H2,1-4H3/t21?,24-,28-,29-/m1/s1. The van der Waals surface area contributed by atoms with Crippen LogP contribution in [-0.4, -0.2) is 67.6 Å². The van der Waals surface area contributed by atoms with Gasteiger partial charge < -0.3 is 19.9 Å². The number of aliphatic hydroxyl groups is 1. The van der Waals surface area contributed by atoms with E-state index in [1.54, 1.807) is 12.3 Å². The SMILES string of the molecule is CC1[C@H]2CN(C(=O)[C@@H](CC(=O)c3cc4ccccc4[nH]3)C(C)(C)C)[C@@H]1CN2C(=O)c1ccc(C2(O)CCCCC2)cn1. The van der Waals surface area contributed by atoms with Crippen molar-refractivity contribution in [2.24, 2.45) is 17.3 Å². The van der Waals surface area contributed by atoms with Gasteiger partial charge in [-0.25, -0.2) is 0 Å². The van der Waals surface area contributed by atoms with Gasteiger partial charge in [0.25, 0.3) is 5.91 Å². The molecule has 2 amide bonds. The number of piperazine rings is 1. The third kappa shape index (κ3) is 5.04. The first-order chi connectivity index (χ1) is 20.0. The zero-order chi connectivity index (χ0) is 29.8. The highest BCUT2D eigenvalue weighted by Crippen LogP contribution is 2.41. The van der Waals surface area contributed by atoms with E-state index in [0.29, 0.717) is 24.5 Å². The third-order valence-electron chi connectivity index (χ3n) is 10.1. The van der Waals surface area contributed by atoms with E-state index in [9.17, 15) is 19.5 Å². The van der Waals surface area contributed by atoms with Gasteiger partial charge in [-0.15, -0.1) is 0 Å². The predicted molar refractivity (Wildman–Crippen MR) is 161 cm³/mol. The van der Waals surface area contributed by atoms with Crippen LogP contribution in [0, 0.1) is 17.3 Å². The molecule has 1 unspecified atom stereocenters. The molecule has 42 heavy (non-hydrogen) atoms. The van der Waals surface area contributed by atoms with E-state index in [1.807, 2.05) is 67.0 Å². The maximum absolute atomic E-state index is 14.1. The molecular formula is C34H42N4O4. The predicted octanol–water partition coefficient (Wildman–Crippen LogP) is 5.32. The Kier molecular flexibility index (Phi) is 7.24. The first-order valence-electron chi connectivity index (χ1n) is 15.4. The molecule has 8 heteroatoms. The van der Waals surface area contributed by atoms with Crippen LogP contribution in [0.4, 0.5) is 0 Å². The minimum absolute atomic E-state index is 0.0124. The molecular weight excluding hydrogens is 528 g/mol. The zero-order valence-electron chi connectivity index (χ0n) is 25.1. The van der Waals surface area contributed by atoms with Gasteiger partial charge in [-0.3, -0.25) is 19.4 Å². The molecule has 3 aromatic rings. The van der Waals surface area contributed by atoms with Crippen molar-refractivity contribution >= 4 is 28.5 Å². The molecule has 6 rings (SSSR count). The van der Waals surface area contributed by atoms with E-state index in [-0.39, 0.29) is 42.0 Å². The first kappa shape index (κ1) is 28.6. The Hall–Kier alpha value is -3.52. The lowest BCUT2D eigenvalue weighted by Crippen LogP contribution is -2.53. The summed E-state index contributed by atoms with van der Waals surface area (Å²) in [6, 6.07) is 13.0. The highest BCUT2D eigenvalue weighted by atomic mass is 16.3. The number of fused-ring (bicyclic) bond motifs is 3. The number of nitrogens with one attached hydrogen (secondary N) is 1. The van der Waals surface area contributed by atoms with Crippen molar-refractivity contribution in [2.75, 3.05) is 13.1 Å². The summed E-state index contributed by atoms with van der Waals surface area (Å²) in [5.74, 6) is -0.565. The van der Waals surface area contributed by atoms with Gasteiger partial charge in [0, 0.05) is 48.1 Å². The fraction of sp³-hybridized carbons (Fsp3) is 0.529. The van der Waals surface area contributed by atoms with E-state index >= 15 is 0 Å². The molecule has 0 spiro atoms. The van der Waals surface area contributed by atoms with Crippen molar-refractivity contribution in [3.05, 3.63) is 65.6 Å². The number of rotatable bonds is 6. The van der Waals surface area contributed by atoms with Gasteiger partial charge in [-0.1, -0.05) is 71.2 Å². The molecule has 2 aromatic heterocycles. The van der Waals surface area contributed by atoms with E-state index in [0.717, 1.165) is 48.6 Å². The molecule has 2 saturated heterocycles. The molecule has 1 aromatic carbocycles. The summed E-state index contributed by atoms with van der Waals surface area (Å²) in [5.41, 5.74) is 1.32. The van der Waals surface area contributed by atoms with Gasteiger partial charge in [0.15, 0.2) is 5.78 Å². The number of carbonyl (C=O) groups excluding carboxylic acids is 3. The molecule has 1 aliphatic carbocycles. The second-order valence-electron chi connectivity index (χ2n) is 13.8. The Bertz CT molecular complexity index is 1460. The third-order valence-corrected chi connectivity index (χ3v) is 10.1. The number of hydrogen-bond donors (Lipinski definition) is 2. The summed E-state index contributed by atoms with van der Waals surface area (Å²) in [4.78, 5) is 52.4. The minimum Gasteiger partial charge on any atom is -0.385 e. The first-order valence-corrected chi connectivity index (χ1v) is 15.4. The van der Waals surface area contributed by atoms with Crippen molar-refractivity contribution < 1.29 is 19.5 Å². The number of ketones is 1. The van der Waals surface area contributed by atoms with Gasteiger partial charge >= 0.3 is 0 Å². The van der Waals surface area contributed by atoms with Crippen LogP contribution in [0.1, 0.15) is 92.8 Å². The average molecular weight is 571 g/mol. The molecule has 222 valence electrons. The number of aromatic amines is 1. The van der Waals surface area contributed by atoms with Gasteiger partial charge in [0.2, 0.25) is 5.91 Å². The number of likely N-dealkylation sites (tertiary alicyclic amines) is 2. The number of H-pyrrole nitrogens is 1. The van der Waals surface area contributed by atoms with E-state index in [1.165, 1.54) is 0 Å². The number of amides is 2. The second-order valence-corrected chi connectivity index (χ2v) is 13.8. The number of benzene rings is 1. The maximum Gasteiger partial charge on any atom is 0.272 e. The molecule has 0 radical (unpaired) electrons. The van der Waals surface area contributed by atoms with E-state index in [2.05, 4.69) is 16.9 Å². The zero-order valence-corrected chi connectivity index (χ0v) is 25.1. The van der Waals surface area contributed by atoms with Gasteiger partial charge in [-0.2, -0.15) is 0 Å². The van der Waals surface area contributed by atoms with Crippen LogP contribution >= 0.6 is 0 Å². The molecule has 3 fully saturated rings. The van der Waals surface area contributed by atoms with Crippen molar-refractivity contribution in [1.29, 1.82) is 0 Å². The molecule has 4 heterocycles. The summed E-state index contributed by atoms with van der Waals surface area (Å²) in [6.45, 7) is 9.06. The summed E-state index contributed by atoms with van der Waals surface area (Å²) in [7, 11) is 0. The van der Waals surface area contributed by atoms with Crippen molar-refractivity contribution in [1.82, 2.24) is 19.8 Å². The molecule has 2 N–H and O–H groups in total. The number of carbonyl (C=O) groups is 3. The molecule has 3 aliphatic rings. The highest BCUT2D eigenvalue weighted by Gasteiger charge is 2.54.